The van der Waals surface area contributed by atoms with Gasteiger partial charge in [-0.2, -0.15) is 0 Å². The largest absolute Gasteiger partial charge is 0.493 e. The molecule has 4 rings (SSSR count). The molecule has 2 aliphatic rings. The summed E-state index contributed by atoms with van der Waals surface area (Å²) in [6.07, 6.45) is 0.0843. The van der Waals surface area contributed by atoms with Gasteiger partial charge in [0.2, 0.25) is 0 Å². The average Bonchev–Trinajstić information content (AvgIpc) is 2.84. The summed E-state index contributed by atoms with van der Waals surface area (Å²) in [7, 11) is 3.27. The van der Waals surface area contributed by atoms with Crippen LogP contribution in [0.3, 0.4) is 0 Å². The minimum Gasteiger partial charge on any atom is -0.493 e. The highest BCUT2D eigenvalue weighted by molar-refractivity contribution is 5.89. The Balaban J connectivity index is 1.65. The van der Waals surface area contributed by atoms with Gasteiger partial charge in [0.05, 0.1) is 32.8 Å². The first-order valence-corrected chi connectivity index (χ1v) is 12.0. The number of nitrogens with zero attached hydrogens (tertiary/aromatic N) is 1. The third kappa shape index (κ3) is 5.44. The predicted molar refractivity (Wildman–Crippen MR) is 133 cm³/mol. The Bertz CT molecular complexity index is 1070. The van der Waals surface area contributed by atoms with Crippen LogP contribution in [0.2, 0.25) is 0 Å². The summed E-state index contributed by atoms with van der Waals surface area (Å²) in [6.45, 7) is 6.75. The minimum absolute atomic E-state index is 0.0269. The first-order valence-electron chi connectivity index (χ1n) is 12.0. The molecule has 2 N–H and O–H groups in total. The number of alkyl carbamates (subject to hydrolysis) is 1. The predicted octanol–water partition coefficient (Wildman–Crippen LogP) is 3.09. The lowest BCUT2D eigenvalue weighted by Gasteiger charge is -2.49. The Morgan fingerprint density at radius 2 is 1.77 bits per heavy atom. The van der Waals surface area contributed by atoms with E-state index in [1.165, 1.54) is 0 Å². The van der Waals surface area contributed by atoms with Crippen LogP contribution in [0.25, 0.3) is 0 Å². The molecule has 3 unspecified atom stereocenters. The molecule has 0 aromatic heterocycles. The molecule has 2 aliphatic heterocycles. The van der Waals surface area contributed by atoms with Gasteiger partial charge >= 0.3 is 6.09 Å². The van der Waals surface area contributed by atoms with Gasteiger partial charge in [-0.25, -0.2) is 4.79 Å². The second kappa shape index (κ2) is 10.3. The number of piperazine rings is 1. The fraction of sp³-hybridized carbons (Fsp3) is 0.481. The maximum absolute atomic E-state index is 13.3. The van der Waals surface area contributed by atoms with Crippen molar-refractivity contribution in [1.82, 2.24) is 15.5 Å². The van der Waals surface area contributed by atoms with Crippen LogP contribution in [-0.2, 0) is 16.0 Å². The summed E-state index contributed by atoms with van der Waals surface area (Å²) in [5.41, 5.74) is 2.82. The molecule has 0 aliphatic carbocycles. The Morgan fingerprint density at radius 3 is 2.43 bits per heavy atom. The molecule has 2 aromatic rings. The Morgan fingerprint density at radius 1 is 1.09 bits per heavy atom. The fourth-order valence-electron chi connectivity index (χ4n) is 5.09. The molecular weight excluding hydrogens is 446 g/mol. The maximum atomic E-state index is 13.3. The summed E-state index contributed by atoms with van der Waals surface area (Å²) in [5.74, 6) is 1.29. The molecule has 0 bridgehead atoms. The second-order valence-electron chi connectivity index (χ2n) is 9.98. The van der Waals surface area contributed by atoms with E-state index in [4.69, 9.17) is 14.2 Å². The fourth-order valence-corrected chi connectivity index (χ4v) is 5.09. The van der Waals surface area contributed by atoms with Crippen molar-refractivity contribution >= 4 is 11.9 Å². The highest BCUT2D eigenvalue weighted by atomic mass is 16.6. The van der Waals surface area contributed by atoms with E-state index in [9.17, 15) is 9.59 Å². The first-order chi connectivity index (χ1) is 16.7. The van der Waals surface area contributed by atoms with Gasteiger partial charge in [-0.3, -0.25) is 9.69 Å². The first kappa shape index (κ1) is 25.0. The van der Waals surface area contributed by atoms with Crippen LogP contribution in [-0.4, -0.2) is 68.3 Å². The number of Topliss-reactive ketones (excluding diaryl/α,β-unsaturated/α-hetero) is 1. The number of benzene rings is 2. The van der Waals surface area contributed by atoms with Crippen LogP contribution in [0, 0.1) is 0 Å². The molecule has 1 fully saturated rings. The van der Waals surface area contributed by atoms with Gasteiger partial charge in [0, 0.05) is 19.1 Å². The molecule has 35 heavy (non-hydrogen) atoms. The van der Waals surface area contributed by atoms with Crippen LogP contribution in [0.1, 0.15) is 43.5 Å². The zero-order valence-corrected chi connectivity index (χ0v) is 21.1. The molecule has 2 aromatic carbocycles. The minimum atomic E-state index is -0.622. The lowest BCUT2D eigenvalue weighted by atomic mass is 9.80. The van der Waals surface area contributed by atoms with Gasteiger partial charge in [0.1, 0.15) is 5.60 Å². The van der Waals surface area contributed by atoms with Crippen LogP contribution in [0.4, 0.5) is 4.79 Å². The highest BCUT2D eigenvalue weighted by Gasteiger charge is 2.44. The summed E-state index contributed by atoms with van der Waals surface area (Å²) in [5, 5.41) is 6.03. The van der Waals surface area contributed by atoms with Crippen molar-refractivity contribution < 1.29 is 23.8 Å². The van der Waals surface area contributed by atoms with Gasteiger partial charge < -0.3 is 24.8 Å². The molecule has 8 nitrogen and oxygen atoms in total. The number of methoxy groups -OCH3 is 2. The van der Waals surface area contributed by atoms with Gasteiger partial charge in [-0.1, -0.05) is 30.3 Å². The standard InChI is InChI=1S/C27H35N3O5/c1-27(2,3)35-26(32)29-16-21(31)24-20-13-18-14-22(33-4)23(34-5)15-19(18)25(30(20)12-11-28-24)17-9-7-6-8-10-17/h6-10,14-15,20,24-25,28H,11-13,16H2,1-5H3,(H,29,32). The Hall–Kier alpha value is -3.10. The van der Waals surface area contributed by atoms with Gasteiger partial charge in [-0.15, -0.1) is 0 Å². The van der Waals surface area contributed by atoms with Crippen LogP contribution in [0.15, 0.2) is 42.5 Å². The molecule has 8 heteroatoms. The SMILES string of the molecule is COc1cc2c(cc1OC)C(c1ccccc1)N1CCNC(C(=O)CNC(=O)OC(C)(C)C)C1C2. The quantitative estimate of drug-likeness (QED) is 0.655. The number of nitrogens with one attached hydrogen (secondary N) is 2. The average molecular weight is 482 g/mol. The van der Waals surface area contributed by atoms with Crippen molar-refractivity contribution in [2.75, 3.05) is 33.9 Å². The van der Waals surface area contributed by atoms with Crippen LogP contribution in [0.5, 0.6) is 11.5 Å². The van der Waals surface area contributed by atoms with E-state index in [1.54, 1.807) is 35.0 Å². The topological polar surface area (TPSA) is 89.1 Å². The van der Waals surface area contributed by atoms with Crippen molar-refractivity contribution in [2.45, 2.75) is 50.9 Å². The van der Waals surface area contributed by atoms with Crippen molar-refractivity contribution in [2.24, 2.45) is 0 Å². The van der Waals surface area contributed by atoms with Crippen LogP contribution >= 0.6 is 0 Å². The van der Waals surface area contributed by atoms with E-state index in [0.717, 1.165) is 23.2 Å². The number of amides is 1. The number of ether oxygens (including phenoxy) is 3. The Kier molecular flexibility index (Phi) is 7.33. The van der Waals surface area contributed by atoms with Crippen molar-refractivity contribution in [1.29, 1.82) is 0 Å². The molecule has 2 heterocycles. The number of hydrogen-bond donors (Lipinski definition) is 2. The second-order valence-corrected chi connectivity index (χ2v) is 9.98. The molecule has 1 amide bonds. The zero-order chi connectivity index (χ0) is 25.2. The number of carbonyl (C=O) groups excluding carboxylic acids is 2. The number of carbonyl (C=O) groups is 2. The Labute approximate surface area is 206 Å². The van der Waals surface area contributed by atoms with E-state index >= 15 is 0 Å². The van der Waals surface area contributed by atoms with Gasteiger partial charge in [0.15, 0.2) is 17.3 Å². The third-order valence-corrected chi connectivity index (χ3v) is 6.51. The van der Waals surface area contributed by atoms with E-state index in [2.05, 4.69) is 33.7 Å². The molecule has 188 valence electrons. The number of fused-ring (bicyclic) bond motifs is 2. The van der Waals surface area contributed by atoms with Crippen molar-refractivity contribution in [3.63, 3.8) is 0 Å². The maximum Gasteiger partial charge on any atom is 0.408 e. The highest BCUT2D eigenvalue weighted by Crippen LogP contribution is 2.43. The monoisotopic (exact) mass is 481 g/mol. The normalized spacial score (nSPS) is 21.9. The lowest BCUT2D eigenvalue weighted by Crippen LogP contribution is -2.64. The van der Waals surface area contributed by atoms with Gasteiger partial charge in [0.25, 0.3) is 0 Å². The van der Waals surface area contributed by atoms with E-state index in [1.807, 2.05) is 24.3 Å². The number of ketones is 1. The van der Waals surface area contributed by atoms with Crippen molar-refractivity contribution in [3.05, 3.63) is 59.2 Å². The van der Waals surface area contributed by atoms with E-state index in [-0.39, 0.29) is 24.4 Å². The molecule has 1 saturated heterocycles. The molecule has 3 atom stereocenters. The summed E-state index contributed by atoms with van der Waals surface area (Å²) in [4.78, 5) is 27.8. The van der Waals surface area contributed by atoms with Crippen molar-refractivity contribution in [3.8, 4) is 11.5 Å². The summed E-state index contributed by atoms with van der Waals surface area (Å²) >= 11 is 0. The molecule has 0 saturated carbocycles. The summed E-state index contributed by atoms with van der Waals surface area (Å²) in [6, 6.07) is 13.9. The number of hydrogen-bond acceptors (Lipinski definition) is 7. The molecule has 0 spiro atoms. The van der Waals surface area contributed by atoms with E-state index in [0.29, 0.717) is 24.5 Å². The lowest BCUT2D eigenvalue weighted by molar-refractivity contribution is -0.123. The van der Waals surface area contributed by atoms with Gasteiger partial charge in [-0.05, 0) is 56.0 Å². The molecule has 0 radical (unpaired) electrons. The zero-order valence-electron chi connectivity index (χ0n) is 21.1. The van der Waals surface area contributed by atoms with Crippen LogP contribution < -0.4 is 20.1 Å². The number of rotatable bonds is 6. The van der Waals surface area contributed by atoms with E-state index < -0.39 is 17.7 Å². The molecular formula is C27H35N3O5. The summed E-state index contributed by atoms with van der Waals surface area (Å²) < 4.78 is 16.5. The third-order valence-electron chi connectivity index (χ3n) is 6.51. The smallest absolute Gasteiger partial charge is 0.408 e.